The van der Waals surface area contributed by atoms with E-state index < -0.39 is 0 Å². The molecule has 4 nitrogen and oxygen atoms in total. The largest absolute Gasteiger partial charge is 0.385 e. The number of hydrogen-bond acceptors (Lipinski definition) is 5. The highest BCUT2D eigenvalue weighted by Gasteiger charge is 2.07. The summed E-state index contributed by atoms with van der Waals surface area (Å²) < 4.78 is 8.67. The van der Waals surface area contributed by atoms with Crippen LogP contribution in [0.4, 0.5) is 0 Å². The minimum Gasteiger partial charge on any atom is -0.385 e. The number of nitrogens with two attached hydrogens (primary N) is 1. The van der Waals surface area contributed by atoms with E-state index in [1.165, 1.54) is 11.5 Å². The highest BCUT2D eigenvalue weighted by Crippen LogP contribution is 2.13. The molecule has 1 heterocycles. The Labute approximate surface area is 75.9 Å². The van der Waals surface area contributed by atoms with Crippen LogP contribution in [0, 0.1) is 0 Å². The third kappa shape index (κ3) is 2.84. The Kier molecular flexibility index (Phi) is 4.13. The van der Waals surface area contributed by atoms with Crippen molar-refractivity contribution in [2.75, 3.05) is 13.7 Å². The molecular formula is C7H13N3OS. The van der Waals surface area contributed by atoms with Gasteiger partial charge >= 0.3 is 0 Å². The van der Waals surface area contributed by atoms with Crippen LogP contribution >= 0.6 is 11.5 Å². The molecule has 1 aromatic heterocycles. The topological polar surface area (TPSA) is 61.0 Å². The van der Waals surface area contributed by atoms with Crippen molar-refractivity contribution in [1.82, 2.24) is 9.59 Å². The SMILES string of the molecule is COCCCC(N)c1csnn1. The number of aromatic nitrogens is 2. The van der Waals surface area contributed by atoms with Crippen LogP contribution in [0.3, 0.4) is 0 Å². The van der Waals surface area contributed by atoms with Gasteiger partial charge in [0.25, 0.3) is 0 Å². The Morgan fingerprint density at radius 2 is 2.58 bits per heavy atom. The smallest absolute Gasteiger partial charge is 0.0922 e. The molecule has 1 aromatic rings. The van der Waals surface area contributed by atoms with Crippen molar-refractivity contribution in [1.29, 1.82) is 0 Å². The molecule has 0 spiro atoms. The molecule has 12 heavy (non-hydrogen) atoms. The van der Waals surface area contributed by atoms with E-state index in [2.05, 4.69) is 9.59 Å². The fourth-order valence-corrected chi connectivity index (χ4v) is 1.45. The predicted molar refractivity (Wildman–Crippen MR) is 47.9 cm³/mol. The summed E-state index contributed by atoms with van der Waals surface area (Å²) in [5.41, 5.74) is 6.71. The Hall–Kier alpha value is -0.520. The first-order chi connectivity index (χ1) is 5.84. The molecule has 2 N–H and O–H groups in total. The number of hydrogen-bond donors (Lipinski definition) is 1. The average Bonchev–Trinajstić information content (AvgIpc) is 2.56. The van der Waals surface area contributed by atoms with Gasteiger partial charge in [-0.05, 0) is 24.4 Å². The maximum absolute atomic E-state index is 5.83. The van der Waals surface area contributed by atoms with Crippen LogP contribution < -0.4 is 5.73 Å². The number of ether oxygens (including phenoxy) is 1. The minimum absolute atomic E-state index is 0.0129. The third-order valence-corrected chi connectivity index (χ3v) is 2.14. The molecule has 1 unspecified atom stereocenters. The lowest BCUT2D eigenvalue weighted by Crippen LogP contribution is -2.11. The van der Waals surface area contributed by atoms with E-state index in [1.807, 2.05) is 5.38 Å². The van der Waals surface area contributed by atoms with Gasteiger partial charge in [0.2, 0.25) is 0 Å². The number of methoxy groups -OCH3 is 1. The summed E-state index contributed by atoms with van der Waals surface area (Å²) in [6, 6.07) is 0.0129. The molecule has 68 valence electrons. The maximum Gasteiger partial charge on any atom is 0.0922 e. The third-order valence-electron chi connectivity index (χ3n) is 1.62. The normalized spacial score (nSPS) is 13.2. The molecule has 0 saturated heterocycles. The van der Waals surface area contributed by atoms with Gasteiger partial charge in [-0.15, -0.1) is 5.10 Å². The minimum atomic E-state index is 0.0129. The first-order valence-corrected chi connectivity index (χ1v) is 4.69. The summed E-state index contributed by atoms with van der Waals surface area (Å²) in [6.45, 7) is 0.755. The zero-order chi connectivity index (χ0) is 8.81. The van der Waals surface area contributed by atoms with Gasteiger partial charge in [0.15, 0.2) is 0 Å². The number of rotatable bonds is 5. The van der Waals surface area contributed by atoms with Gasteiger partial charge in [-0.2, -0.15) is 0 Å². The zero-order valence-electron chi connectivity index (χ0n) is 7.06. The van der Waals surface area contributed by atoms with Crippen LogP contribution in [0.2, 0.25) is 0 Å². The quantitative estimate of drug-likeness (QED) is 0.698. The number of nitrogens with zero attached hydrogens (tertiary/aromatic N) is 2. The molecular weight excluding hydrogens is 174 g/mol. The van der Waals surface area contributed by atoms with Gasteiger partial charge in [0.1, 0.15) is 0 Å². The fraction of sp³-hybridized carbons (Fsp3) is 0.714. The van der Waals surface area contributed by atoms with Crippen LogP contribution in [0.25, 0.3) is 0 Å². The van der Waals surface area contributed by atoms with Gasteiger partial charge < -0.3 is 10.5 Å². The van der Waals surface area contributed by atoms with Gasteiger partial charge in [0, 0.05) is 25.1 Å². The van der Waals surface area contributed by atoms with Crippen LogP contribution in [0.5, 0.6) is 0 Å². The van der Waals surface area contributed by atoms with E-state index in [4.69, 9.17) is 10.5 Å². The van der Waals surface area contributed by atoms with Gasteiger partial charge in [-0.25, -0.2) is 0 Å². The lowest BCUT2D eigenvalue weighted by atomic mass is 10.1. The molecule has 0 aliphatic rings. The van der Waals surface area contributed by atoms with E-state index in [1.54, 1.807) is 7.11 Å². The molecule has 0 aliphatic carbocycles. The van der Waals surface area contributed by atoms with Crippen molar-refractivity contribution in [3.8, 4) is 0 Å². The lowest BCUT2D eigenvalue weighted by molar-refractivity contribution is 0.190. The standard InChI is InChI=1S/C7H13N3OS/c1-11-4-2-3-6(8)7-5-12-10-9-7/h5-6H,2-4,8H2,1H3. The molecule has 0 bridgehead atoms. The summed E-state index contributed by atoms with van der Waals surface area (Å²) in [4.78, 5) is 0. The van der Waals surface area contributed by atoms with E-state index >= 15 is 0 Å². The Balaban J connectivity index is 2.25. The summed E-state index contributed by atoms with van der Waals surface area (Å²) in [7, 11) is 1.69. The summed E-state index contributed by atoms with van der Waals surface area (Å²) in [5.74, 6) is 0. The first-order valence-electron chi connectivity index (χ1n) is 3.86. The Bertz CT molecular complexity index is 202. The molecule has 5 heteroatoms. The lowest BCUT2D eigenvalue weighted by Gasteiger charge is -2.06. The van der Waals surface area contributed by atoms with Crippen LogP contribution in [-0.4, -0.2) is 23.3 Å². The molecule has 0 fully saturated rings. The van der Waals surface area contributed by atoms with Crippen molar-refractivity contribution in [3.05, 3.63) is 11.1 Å². The van der Waals surface area contributed by atoms with Gasteiger partial charge in [-0.1, -0.05) is 4.49 Å². The summed E-state index contributed by atoms with van der Waals surface area (Å²) >= 11 is 1.33. The highest BCUT2D eigenvalue weighted by molar-refractivity contribution is 7.03. The molecule has 0 saturated carbocycles. The second kappa shape index (κ2) is 5.18. The predicted octanol–water partition coefficient (Wildman–Crippen LogP) is 0.965. The monoisotopic (exact) mass is 187 g/mol. The molecule has 0 radical (unpaired) electrons. The van der Waals surface area contributed by atoms with Crippen LogP contribution in [0.15, 0.2) is 5.38 Å². The van der Waals surface area contributed by atoms with E-state index in [-0.39, 0.29) is 6.04 Å². The molecule has 0 amide bonds. The fourth-order valence-electron chi connectivity index (χ4n) is 0.929. The van der Waals surface area contributed by atoms with Crippen molar-refractivity contribution >= 4 is 11.5 Å². The maximum atomic E-state index is 5.83. The van der Waals surface area contributed by atoms with Crippen molar-refractivity contribution < 1.29 is 4.74 Å². The second-order valence-corrected chi connectivity index (χ2v) is 3.18. The first kappa shape index (κ1) is 9.57. The summed E-state index contributed by atoms with van der Waals surface area (Å²) in [6.07, 6.45) is 1.87. The van der Waals surface area contributed by atoms with Gasteiger partial charge in [0.05, 0.1) is 5.69 Å². The zero-order valence-corrected chi connectivity index (χ0v) is 7.88. The van der Waals surface area contributed by atoms with E-state index in [0.29, 0.717) is 0 Å². The van der Waals surface area contributed by atoms with E-state index in [0.717, 1.165) is 25.1 Å². The molecule has 0 aliphatic heterocycles. The van der Waals surface area contributed by atoms with E-state index in [9.17, 15) is 0 Å². The molecule has 1 atom stereocenters. The van der Waals surface area contributed by atoms with Crippen molar-refractivity contribution in [2.24, 2.45) is 5.73 Å². The van der Waals surface area contributed by atoms with Crippen molar-refractivity contribution in [2.45, 2.75) is 18.9 Å². The van der Waals surface area contributed by atoms with Gasteiger partial charge in [-0.3, -0.25) is 0 Å². The average molecular weight is 187 g/mol. The molecule has 1 rings (SSSR count). The van der Waals surface area contributed by atoms with Crippen molar-refractivity contribution in [3.63, 3.8) is 0 Å². The molecule has 0 aromatic carbocycles. The van der Waals surface area contributed by atoms with Crippen LogP contribution in [-0.2, 0) is 4.74 Å². The Morgan fingerprint density at radius 1 is 1.75 bits per heavy atom. The van der Waals surface area contributed by atoms with Crippen LogP contribution in [0.1, 0.15) is 24.6 Å². The highest BCUT2D eigenvalue weighted by atomic mass is 32.1. The Morgan fingerprint density at radius 3 is 3.17 bits per heavy atom. The second-order valence-electron chi connectivity index (χ2n) is 2.57. The summed E-state index contributed by atoms with van der Waals surface area (Å²) in [5, 5.41) is 5.78.